The number of carbonyl (C=O) groups excluding carboxylic acids is 1. The lowest BCUT2D eigenvalue weighted by Crippen LogP contribution is -2.42. The van der Waals surface area contributed by atoms with Crippen LogP contribution in [0.25, 0.3) is 0 Å². The van der Waals surface area contributed by atoms with Crippen molar-refractivity contribution < 1.29 is 4.79 Å². The van der Waals surface area contributed by atoms with Crippen LogP contribution in [0.1, 0.15) is 44.2 Å². The topological polar surface area (TPSA) is 32.3 Å². The molecular formula is C18H26N2O. The number of likely N-dealkylation sites (tertiary alicyclic amines) is 1. The molecule has 3 rings (SSSR count). The van der Waals surface area contributed by atoms with E-state index < -0.39 is 0 Å². The third kappa shape index (κ3) is 3.85. The summed E-state index contributed by atoms with van der Waals surface area (Å²) in [5.41, 5.74) is 1.32. The zero-order valence-electron chi connectivity index (χ0n) is 12.9. The fraction of sp³-hybridized carbons (Fsp3) is 0.611. The van der Waals surface area contributed by atoms with Crippen LogP contribution in [0, 0.1) is 11.8 Å². The maximum absolute atomic E-state index is 11.9. The van der Waals surface area contributed by atoms with Crippen LogP contribution in [0.5, 0.6) is 0 Å². The highest BCUT2D eigenvalue weighted by Gasteiger charge is 2.31. The van der Waals surface area contributed by atoms with Gasteiger partial charge in [-0.1, -0.05) is 37.3 Å². The van der Waals surface area contributed by atoms with Gasteiger partial charge in [0.1, 0.15) is 0 Å². The van der Waals surface area contributed by atoms with Crippen LogP contribution in [0.4, 0.5) is 0 Å². The van der Waals surface area contributed by atoms with E-state index in [-0.39, 0.29) is 5.91 Å². The van der Waals surface area contributed by atoms with Crippen LogP contribution in [0.15, 0.2) is 30.3 Å². The molecule has 1 heterocycles. The summed E-state index contributed by atoms with van der Waals surface area (Å²) in [6, 6.07) is 10.9. The zero-order valence-corrected chi connectivity index (χ0v) is 12.9. The SMILES string of the molecule is CC1CCN(C(CNC(=O)C2CC2)c2ccccc2)CC1. The van der Waals surface area contributed by atoms with Gasteiger partial charge in [-0.15, -0.1) is 0 Å². The maximum Gasteiger partial charge on any atom is 0.223 e. The second-order valence-electron chi connectivity index (χ2n) is 6.66. The zero-order chi connectivity index (χ0) is 14.7. The van der Waals surface area contributed by atoms with E-state index in [1.165, 1.54) is 18.4 Å². The first kappa shape index (κ1) is 14.6. The van der Waals surface area contributed by atoms with Crippen molar-refractivity contribution >= 4 is 5.91 Å². The van der Waals surface area contributed by atoms with E-state index in [0.717, 1.165) is 38.4 Å². The van der Waals surface area contributed by atoms with Gasteiger partial charge in [0, 0.05) is 12.5 Å². The van der Waals surface area contributed by atoms with Crippen LogP contribution >= 0.6 is 0 Å². The van der Waals surface area contributed by atoms with Gasteiger partial charge in [0.2, 0.25) is 5.91 Å². The molecule has 0 bridgehead atoms. The Morgan fingerprint density at radius 1 is 1.19 bits per heavy atom. The molecule has 1 aliphatic carbocycles. The normalized spacial score (nSPS) is 22.0. The molecule has 1 N–H and O–H groups in total. The third-order valence-electron chi connectivity index (χ3n) is 4.86. The quantitative estimate of drug-likeness (QED) is 0.902. The first-order valence-electron chi connectivity index (χ1n) is 8.30. The standard InChI is InChI=1S/C18H26N2O/c1-14-9-11-20(12-10-14)17(15-5-3-2-4-6-15)13-19-18(21)16-7-8-16/h2-6,14,16-17H,7-13H2,1H3,(H,19,21). The Hall–Kier alpha value is -1.35. The van der Waals surface area contributed by atoms with Crippen LogP contribution < -0.4 is 5.32 Å². The fourth-order valence-electron chi connectivity index (χ4n) is 3.16. The average molecular weight is 286 g/mol. The molecule has 1 unspecified atom stereocenters. The monoisotopic (exact) mass is 286 g/mol. The molecule has 0 aromatic heterocycles. The number of hydrogen-bond donors (Lipinski definition) is 1. The molecule has 0 radical (unpaired) electrons. The van der Waals surface area contributed by atoms with Gasteiger partial charge in [-0.25, -0.2) is 0 Å². The largest absolute Gasteiger partial charge is 0.354 e. The Bertz CT molecular complexity index is 461. The van der Waals surface area contributed by atoms with E-state index in [9.17, 15) is 4.79 Å². The highest BCUT2D eigenvalue weighted by molar-refractivity contribution is 5.80. The number of nitrogens with one attached hydrogen (secondary N) is 1. The van der Waals surface area contributed by atoms with Gasteiger partial charge in [-0.2, -0.15) is 0 Å². The molecule has 1 atom stereocenters. The number of hydrogen-bond acceptors (Lipinski definition) is 2. The van der Waals surface area contributed by atoms with E-state index >= 15 is 0 Å². The highest BCUT2D eigenvalue weighted by Crippen LogP contribution is 2.30. The van der Waals surface area contributed by atoms with E-state index in [1.54, 1.807) is 0 Å². The van der Waals surface area contributed by atoms with Gasteiger partial charge >= 0.3 is 0 Å². The summed E-state index contributed by atoms with van der Waals surface area (Å²) in [7, 11) is 0. The molecule has 1 saturated heterocycles. The molecule has 1 aliphatic heterocycles. The molecule has 2 fully saturated rings. The van der Waals surface area contributed by atoms with Crippen LogP contribution in [-0.2, 0) is 4.79 Å². The Balaban J connectivity index is 1.66. The summed E-state index contributed by atoms with van der Waals surface area (Å²) in [5.74, 6) is 1.38. The van der Waals surface area contributed by atoms with E-state index in [4.69, 9.17) is 0 Å². The summed E-state index contributed by atoms with van der Waals surface area (Å²) >= 11 is 0. The van der Waals surface area contributed by atoms with Crippen molar-refractivity contribution in [3.63, 3.8) is 0 Å². The summed E-state index contributed by atoms with van der Waals surface area (Å²) in [4.78, 5) is 14.5. The fourth-order valence-corrected chi connectivity index (χ4v) is 3.16. The van der Waals surface area contributed by atoms with Gasteiger partial charge in [-0.05, 0) is 50.3 Å². The lowest BCUT2D eigenvalue weighted by atomic mass is 9.95. The van der Waals surface area contributed by atoms with Crippen molar-refractivity contribution in [1.29, 1.82) is 0 Å². The number of amides is 1. The second-order valence-corrected chi connectivity index (χ2v) is 6.66. The lowest BCUT2D eigenvalue weighted by molar-refractivity contribution is -0.122. The van der Waals surface area contributed by atoms with Crippen LogP contribution in [0.2, 0.25) is 0 Å². The molecule has 1 aromatic rings. The Morgan fingerprint density at radius 2 is 1.86 bits per heavy atom. The van der Waals surface area contributed by atoms with Crippen molar-refractivity contribution in [3.05, 3.63) is 35.9 Å². The Morgan fingerprint density at radius 3 is 2.48 bits per heavy atom. The molecule has 2 aliphatic rings. The average Bonchev–Trinajstić information content (AvgIpc) is 3.35. The third-order valence-corrected chi connectivity index (χ3v) is 4.86. The van der Waals surface area contributed by atoms with Crippen molar-refractivity contribution in [2.45, 2.75) is 38.6 Å². The molecule has 114 valence electrons. The van der Waals surface area contributed by atoms with Crippen molar-refractivity contribution in [3.8, 4) is 0 Å². The Kier molecular flexibility index (Phi) is 4.59. The number of piperidine rings is 1. The summed E-state index contributed by atoms with van der Waals surface area (Å²) in [5, 5.41) is 3.17. The molecule has 3 nitrogen and oxygen atoms in total. The van der Waals surface area contributed by atoms with Gasteiger partial charge in [-0.3, -0.25) is 9.69 Å². The lowest BCUT2D eigenvalue weighted by Gasteiger charge is -2.37. The predicted molar refractivity (Wildman–Crippen MR) is 84.9 cm³/mol. The predicted octanol–water partition coefficient (Wildman–Crippen LogP) is 2.99. The Labute approximate surface area is 127 Å². The van der Waals surface area contributed by atoms with Gasteiger partial charge in [0.25, 0.3) is 0 Å². The first-order chi connectivity index (χ1) is 10.2. The van der Waals surface area contributed by atoms with Gasteiger partial charge < -0.3 is 5.32 Å². The van der Waals surface area contributed by atoms with Crippen molar-refractivity contribution in [2.75, 3.05) is 19.6 Å². The van der Waals surface area contributed by atoms with Gasteiger partial charge in [0.15, 0.2) is 0 Å². The second kappa shape index (κ2) is 6.61. The molecule has 21 heavy (non-hydrogen) atoms. The first-order valence-corrected chi connectivity index (χ1v) is 8.30. The van der Waals surface area contributed by atoms with E-state index in [2.05, 4.69) is 47.5 Å². The minimum atomic E-state index is 0.251. The molecule has 1 aromatic carbocycles. The van der Waals surface area contributed by atoms with E-state index in [1.807, 2.05) is 0 Å². The van der Waals surface area contributed by atoms with E-state index in [0.29, 0.717) is 12.0 Å². The highest BCUT2D eigenvalue weighted by atomic mass is 16.2. The smallest absolute Gasteiger partial charge is 0.223 e. The molecule has 1 saturated carbocycles. The molecule has 3 heteroatoms. The molecule has 0 spiro atoms. The number of nitrogens with zero attached hydrogens (tertiary/aromatic N) is 1. The maximum atomic E-state index is 11.9. The summed E-state index contributed by atoms with van der Waals surface area (Å²) < 4.78 is 0. The molecule has 1 amide bonds. The number of benzene rings is 1. The summed E-state index contributed by atoms with van der Waals surface area (Å²) in [6.45, 7) is 5.36. The van der Waals surface area contributed by atoms with Crippen molar-refractivity contribution in [2.24, 2.45) is 11.8 Å². The van der Waals surface area contributed by atoms with Crippen LogP contribution in [-0.4, -0.2) is 30.4 Å². The minimum Gasteiger partial charge on any atom is -0.354 e. The van der Waals surface area contributed by atoms with Crippen molar-refractivity contribution in [1.82, 2.24) is 10.2 Å². The van der Waals surface area contributed by atoms with Crippen LogP contribution in [0.3, 0.4) is 0 Å². The molecular weight excluding hydrogens is 260 g/mol. The number of rotatable bonds is 5. The van der Waals surface area contributed by atoms with Gasteiger partial charge in [0.05, 0.1) is 6.04 Å². The number of carbonyl (C=O) groups is 1. The minimum absolute atomic E-state index is 0.251. The summed E-state index contributed by atoms with van der Waals surface area (Å²) in [6.07, 6.45) is 4.67.